The van der Waals surface area contributed by atoms with E-state index in [2.05, 4.69) is 10.6 Å². The van der Waals surface area contributed by atoms with Gasteiger partial charge in [-0.1, -0.05) is 25.5 Å². The van der Waals surface area contributed by atoms with Crippen LogP contribution in [0.3, 0.4) is 0 Å². The number of hydrogen-bond donors (Lipinski definition) is 4. The Morgan fingerprint density at radius 3 is 2.74 bits per heavy atom. The molecule has 6 heteroatoms. The maximum absolute atomic E-state index is 11.8. The van der Waals surface area contributed by atoms with E-state index in [0.717, 1.165) is 6.42 Å². The number of amides is 2. The number of rotatable bonds is 6. The van der Waals surface area contributed by atoms with E-state index in [0.29, 0.717) is 17.9 Å². The highest BCUT2D eigenvalue weighted by Gasteiger charge is 2.15. The Morgan fingerprint density at radius 1 is 1.47 bits per heavy atom. The monoisotopic (exact) mass is 264 g/mol. The third-order valence-electron chi connectivity index (χ3n) is 2.61. The van der Waals surface area contributed by atoms with Gasteiger partial charge in [-0.15, -0.1) is 0 Å². The second kappa shape index (κ2) is 7.25. The summed E-state index contributed by atoms with van der Waals surface area (Å²) < 4.78 is 5.14. The van der Waals surface area contributed by atoms with Crippen LogP contribution in [0.15, 0.2) is 24.3 Å². The standard InChI is InChI=1S/C13H20N4O2/c1-3-6-10(12(14)15)17-13(18)16-9-7-4-5-8-11(9)19-2/h4-5,7-8,10H,3,6H2,1-2H3,(H3,14,15)(H2,16,17,18). The van der Waals surface area contributed by atoms with E-state index in [-0.39, 0.29) is 5.84 Å². The maximum Gasteiger partial charge on any atom is 0.319 e. The number of urea groups is 1. The van der Waals surface area contributed by atoms with Gasteiger partial charge in [0.1, 0.15) is 11.6 Å². The molecule has 0 radical (unpaired) electrons. The molecule has 5 N–H and O–H groups in total. The van der Waals surface area contributed by atoms with Gasteiger partial charge < -0.3 is 21.1 Å². The van der Waals surface area contributed by atoms with Crippen LogP contribution in [0.5, 0.6) is 5.75 Å². The number of benzene rings is 1. The minimum absolute atomic E-state index is 0.0444. The number of amidine groups is 1. The fraction of sp³-hybridized carbons (Fsp3) is 0.385. The molecule has 0 aliphatic rings. The van der Waals surface area contributed by atoms with Crippen molar-refractivity contribution in [2.75, 3.05) is 12.4 Å². The number of hydrogen-bond acceptors (Lipinski definition) is 3. The zero-order valence-electron chi connectivity index (χ0n) is 11.2. The first-order valence-corrected chi connectivity index (χ1v) is 6.13. The van der Waals surface area contributed by atoms with Crippen molar-refractivity contribution in [3.8, 4) is 5.75 Å². The Hall–Kier alpha value is -2.24. The van der Waals surface area contributed by atoms with Crippen molar-refractivity contribution in [3.05, 3.63) is 24.3 Å². The van der Waals surface area contributed by atoms with E-state index in [1.54, 1.807) is 18.2 Å². The van der Waals surface area contributed by atoms with Crippen LogP contribution in [-0.2, 0) is 0 Å². The number of anilines is 1. The summed E-state index contributed by atoms with van der Waals surface area (Å²) >= 11 is 0. The number of para-hydroxylation sites is 2. The van der Waals surface area contributed by atoms with Gasteiger partial charge >= 0.3 is 6.03 Å². The molecule has 0 fully saturated rings. The van der Waals surface area contributed by atoms with Crippen LogP contribution >= 0.6 is 0 Å². The molecule has 1 aromatic carbocycles. The van der Waals surface area contributed by atoms with Gasteiger partial charge in [0.05, 0.1) is 18.8 Å². The molecule has 0 saturated carbocycles. The number of ether oxygens (including phenoxy) is 1. The number of nitrogens with two attached hydrogens (primary N) is 1. The van der Waals surface area contributed by atoms with Crippen LogP contribution in [0.1, 0.15) is 19.8 Å². The first-order valence-electron chi connectivity index (χ1n) is 6.13. The topological polar surface area (TPSA) is 100 Å². The van der Waals surface area contributed by atoms with Crippen LogP contribution in [0, 0.1) is 5.41 Å². The smallest absolute Gasteiger partial charge is 0.319 e. The minimum Gasteiger partial charge on any atom is -0.495 e. The van der Waals surface area contributed by atoms with Crippen LogP contribution in [0.25, 0.3) is 0 Å². The molecule has 0 heterocycles. The van der Waals surface area contributed by atoms with Crippen molar-refractivity contribution in [1.82, 2.24) is 5.32 Å². The van der Waals surface area contributed by atoms with Crippen molar-refractivity contribution in [2.24, 2.45) is 5.73 Å². The average molecular weight is 264 g/mol. The SMILES string of the molecule is CCCC(NC(=O)Nc1ccccc1OC)C(=N)N. The Bertz CT molecular complexity index is 448. The predicted molar refractivity (Wildman–Crippen MR) is 75.8 cm³/mol. The lowest BCUT2D eigenvalue weighted by atomic mass is 10.1. The lowest BCUT2D eigenvalue weighted by Gasteiger charge is -2.17. The van der Waals surface area contributed by atoms with Gasteiger partial charge in [-0.3, -0.25) is 5.41 Å². The van der Waals surface area contributed by atoms with Gasteiger partial charge in [0.15, 0.2) is 0 Å². The van der Waals surface area contributed by atoms with Gasteiger partial charge in [-0.25, -0.2) is 4.79 Å². The van der Waals surface area contributed by atoms with E-state index >= 15 is 0 Å². The first-order chi connectivity index (χ1) is 9.08. The Labute approximate surface area is 112 Å². The molecule has 0 aliphatic heterocycles. The van der Waals surface area contributed by atoms with Gasteiger partial charge in [-0.2, -0.15) is 0 Å². The van der Waals surface area contributed by atoms with E-state index in [4.69, 9.17) is 15.9 Å². The zero-order chi connectivity index (χ0) is 14.3. The summed E-state index contributed by atoms with van der Waals surface area (Å²) in [6.07, 6.45) is 1.47. The second-order valence-electron chi connectivity index (χ2n) is 4.10. The Kier molecular flexibility index (Phi) is 5.66. The fourth-order valence-electron chi connectivity index (χ4n) is 1.66. The van der Waals surface area contributed by atoms with E-state index in [9.17, 15) is 4.79 Å². The third-order valence-corrected chi connectivity index (χ3v) is 2.61. The highest BCUT2D eigenvalue weighted by Crippen LogP contribution is 2.22. The molecule has 19 heavy (non-hydrogen) atoms. The lowest BCUT2D eigenvalue weighted by Crippen LogP contribution is -2.45. The highest BCUT2D eigenvalue weighted by atomic mass is 16.5. The summed E-state index contributed by atoms with van der Waals surface area (Å²) in [6.45, 7) is 1.97. The van der Waals surface area contributed by atoms with Crippen molar-refractivity contribution in [2.45, 2.75) is 25.8 Å². The van der Waals surface area contributed by atoms with Crippen LogP contribution < -0.4 is 21.1 Å². The summed E-state index contributed by atoms with van der Waals surface area (Å²) in [5.74, 6) is 0.532. The first kappa shape index (κ1) is 14.8. The van der Waals surface area contributed by atoms with Crippen molar-refractivity contribution >= 4 is 17.6 Å². The maximum atomic E-state index is 11.8. The van der Waals surface area contributed by atoms with E-state index in [1.165, 1.54) is 7.11 Å². The van der Waals surface area contributed by atoms with E-state index < -0.39 is 12.1 Å². The fourth-order valence-corrected chi connectivity index (χ4v) is 1.66. The highest BCUT2D eigenvalue weighted by molar-refractivity contribution is 5.94. The number of methoxy groups -OCH3 is 1. The second-order valence-corrected chi connectivity index (χ2v) is 4.10. The van der Waals surface area contributed by atoms with Gasteiger partial charge in [0.2, 0.25) is 0 Å². The molecule has 2 amide bonds. The molecule has 0 aromatic heterocycles. The van der Waals surface area contributed by atoms with Crippen molar-refractivity contribution < 1.29 is 9.53 Å². The van der Waals surface area contributed by atoms with Crippen LogP contribution in [0.4, 0.5) is 10.5 Å². The lowest BCUT2D eigenvalue weighted by molar-refractivity contribution is 0.250. The summed E-state index contributed by atoms with van der Waals surface area (Å²) in [5, 5.41) is 12.8. The molecule has 0 aliphatic carbocycles. The summed E-state index contributed by atoms with van der Waals surface area (Å²) in [7, 11) is 1.54. The molecule has 104 valence electrons. The molecule has 0 saturated heterocycles. The largest absolute Gasteiger partial charge is 0.495 e. The van der Waals surface area contributed by atoms with Gasteiger partial charge in [0, 0.05) is 0 Å². The third kappa shape index (κ3) is 4.50. The summed E-state index contributed by atoms with van der Waals surface area (Å²) in [6, 6.07) is 6.26. The van der Waals surface area contributed by atoms with Crippen molar-refractivity contribution in [1.29, 1.82) is 5.41 Å². The van der Waals surface area contributed by atoms with Gasteiger partial charge in [0.25, 0.3) is 0 Å². The molecule has 1 unspecified atom stereocenters. The average Bonchev–Trinajstić information content (AvgIpc) is 2.38. The predicted octanol–water partition coefficient (Wildman–Crippen LogP) is 1.92. The molecular formula is C13H20N4O2. The zero-order valence-corrected chi connectivity index (χ0v) is 11.2. The molecule has 1 aromatic rings. The molecule has 1 rings (SSSR count). The number of nitrogens with one attached hydrogen (secondary N) is 3. The number of carbonyl (C=O) groups is 1. The normalized spacial score (nSPS) is 11.5. The van der Waals surface area contributed by atoms with Crippen molar-refractivity contribution in [3.63, 3.8) is 0 Å². The Morgan fingerprint density at radius 2 is 2.16 bits per heavy atom. The quantitative estimate of drug-likeness (QED) is 0.466. The van der Waals surface area contributed by atoms with Crippen LogP contribution in [0.2, 0.25) is 0 Å². The number of carbonyl (C=O) groups excluding carboxylic acids is 1. The molecule has 0 bridgehead atoms. The van der Waals surface area contributed by atoms with Gasteiger partial charge in [-0.05, 0) is 18.6 Å². The molecular weight excluding hydrogens is 244 g/mol. The molecule has 1 atom stereocenters. The minimum atomic E-state index is -0.445. The summed E-state index contributed by atoms with van der Waals surface area (Å²) in [4.78, 5) is 11.8. The molecule has 6 nitrogen and oxygen atoms in total. The summed E-state index contributed by atoms with van der Waals surface area (Å²) in [5.41, 5.74) is 6.01. The Balaban J connectivity index is 2.66. The molecule has 0 spiro atoms. The van der Waals surface area contributed by atoms with Crippen LogP contribution in [-0.4, -0.2) is 25.0 Å². The van der Waals surface area contributed by atoms with E-state index in [1.807, 2.05) is 13.0 Å².